The topological polar surface area (TPSA) is 123 Å². The highest BCUT2D eigenvalue weighted by Gasteiger charge is 2.53. The molecule has 5 amide bonds. The molecule has 2 fully saturated rings. The molecule has 5 rings (SSSR count). The standard InChI is InChI=1S/C22H17Cl2N3O6S/c23-14-6-13-16(7-15(14)24)33-12(8-22(13)19(29)26-20(30)27-22)9-32-11-3-1-10(2-4-11)5-17-18(28)25-21(31)34-17/h1-4,6-7,12,17H,5,8-9H2,(H,25,28,31)(H2,26,27,29,30). The Morgan fingerprint density at radius 3 is 2.44 bits per heavy atom. The molecule has 1 spiro atoms. The lowest BCUT2D eigenvalue weighted by molar-refractivity contribution is -0.126. The van der Waals surface area contributed by atoms with Crippen LogP contribution < -0.4 is 25.4 Å². The number of carbonyl (C=O) groups is 4. The fourth-order valence-corrected chi connectivity index (χ4v) is 5.38. The predicted octanol–water partition coefficient (Wildman–Crippen LogP) is 3.15. The number of hydrogen-bond donors (Lipinski definition) is 3. The number of amides is 5. The van der Waals surface area contributed by atoms with E-state index < -0.39 is 28.8 Å². The van der Waals surface area contributed by atoms with Gasteiger partial charge in [-0.25, -0.2) is 4.79 Å². The molecule has 2 aromatic carbocycles. The molecule has 3 unspecified atom stereocenters. The first kappa shape index (κ1) is 22.8. The zero-order valence-electron chi connectivity index (χ0n) is 17.4. The molecule has 3 heterocycles. The summed E-state index contributed by atoms with van der Waals surface area (Å²) >= 11 is 13.3. The summed E-state index contributed by atoms with van der Waals surface area (Å²) in [6.45, 7) is 0.0965. The van der Waals surface area contributed by atoms with Gasteiger partial charge < -0.3 is 14.8 Å². The maximum Gasteiger partial charge on any atom is 0.322 e. The lowest BCUT2D eigenvalue weighted by Gasteiger charge is -2.37. The van der Waals surface area contributed by atoms with Gasteiger partial charge in [0.05, 0.1) is 15.3 Å². The first-order chi connectivity index (χ1) is 16.2. The minimum atomic E-state index is -1.34. The van der Waals surface area contributed by atoms with Crippen molar-refractivity contribution in [3.05, 3.63) is 57.6 Å². The van der Waals surface area contributed by atoms with Gasteiger partial charge in [0.15, 0.2) is 5.54 Å². The second-order valence-corrected chi connectivity index (χ2v) is 10.1. The predicted molar refractivity (Wildman–Crippen MR) is 124 cm³/mol. The molecule has 0 radical (unpaired) electrons. The molecule has 2 aromatic rings. The second-order valence-electron chi connectivity index (χ2n) is 8.06. The number of fused-ring (bicyclic) bond motifs is 2. The molecule has 0 aliphatic carbocycles. The Bertz CT molecular complexity index is 1220. The molecule has 0 aromatic heterocycles. The number of urea groups is 1. The number of carbonyl (C=O) groups excluding carboxylic acids is 4. The molecule has 9 nitrogen and oxygen atoms in total. The zero-order chi connectivity index (χ0) is 24.0. The van der Waals surface area contributed by atoms with Crippen molar-refractivity contribution in [2.24, 2.45) is 0 Å². The van der Waals surface area contributed by atoms with Gasteiger partial charge in [0.25, 0.3) is 11.1 Å². The molecule has 3 N–H and O–H groups in total. The largest absolute Gasteiger partial charge is 0.490 e. The summed E-state index contributed by atoms with van der Waals surface area (Å²) in [5.74, 6) is 0.107. The Kier molecular flexibility index (Phi) is 5.83. The number of ether oxygens (including phenoxy) is 2. The Balaban J connectivity index is 1.29. The van der Waals surface area contributed by atoms with Crippen molar-refractivity contribution in [3.63, 3.8) is 0 Å². The SMILES string of the molecule is O=C1NC(=O)C2(CC(COc3ccc(CC4SC(=O)NC4=O)cc3)Oc3cc(Cl)c(Cl)cc32)N1. The third-order valence-corrected chi connectivity index (χ3v) is 7.50. The average Bonchev–Trinajstić information content (AvgIpc) is 3.25. The van der Waals surface area contributed by atoms with Crippen LogP contribution in [0, 0.1) is 0 Å². The summed E-state index contributed by atoms with van der Waals surface area (Å²) in [7, 11) is 0. The lowest BCUT2D eigenvalue weighted by atomic mass is 9.82. The van der Waals surface area contributed by atoms with Crippen LogP contribution in [0.3, 0.4) is 0 Å². The van der Waals surface area contributed by atoms with Gasteiger partial charge in [-0.3, -0.25) is 25.0 Å². The second kappa shape index (κ2) is 8.68. The molecule has 3 atom stereocenters. The third-order valence-electron chi connectivity index (χ3n) is 5.80. The van der Waals surface area contributed by atoms with Crippen molar-refractivity contribution in [2.45, 2.75) is 29.7 Å². The van der Waals surface area contributed by atoms with E-state index in [-0.39, 0.29) is 34.2 Å². The lowest BCUT2D eigenvalue weighted by Crippen LogP contribution is -2.51. The molecule has 176 valence electrons. The first-order valence-electron chi connectivity index (χ1n) is 10.3. The minimum absolute atomic E-state index is 0.0965. The van der Waals surface area contributed by atoms with Gasteiger partial charge in [0.1, 0.15) is 24.2 Å². The number of halogens is 2. The molecule has 3 aliphatic heterocycles. The molecular weight excluding hydrogens is 505 g/mol. The first-order valence-corrected chi connectivity index (χ1v) is 11.9. The van der Waals surface area contributed by atoms with Crippen LogP contribution in [0.4, 0.5) is 9.59 Å². The molecule has 34 heavy (non-hydrogen) atoms. The number of benzene rings is 2. The Labute approximate surface area is 207 Å². The summed E-state index contributed by atoms with van der Waals surface area (Å²) in [5, 5.41) is 6.97. The van der Waals surface area contributed by atoms with E-state index in [0.29, 0.717) is 23.5 Å². The van der Waals surface area contributed by atoms with Crippen molar-refractivity contribution in [3.8, 4) is 11.5 Å². The van der Waals surface area contributed by atoms with Crippen LogP contribution in [0.2, 0.25) is 10.0 Å². The fourth-order valence-electron chi connectivity index (χ4n) is 4.20. The number of imide groups is 2. The van der Waals surface area contributed by atoms with Gasteiger partial charge in [0, 0.05) is 18.1 Å². The highest BCUT2D eigenvalue weighted by molar-refractivity contribution is 8.15. The van der Waals surface area contributed by atoms with Gasteiger partial charge in [0.2, 0.25) is 5.91 Å². The summed E-state index contributed by atoms with van der Waals surface area (Å²) in [6, 6.07) is 9.57. The number of thioether (sulfide) groups is 1. The van der Waals surface area contributed by atoms with Gasteiger partial charge >= 0.3 is 6.03 Å². The van der Waals surface area contributed by atoms with Crippen molar-refractivity contribution in [1.29, 1.82) is 0 Å². The van der Waals surface area contributed by atoms with Gasteiger partial charge in [-0.1, -0.05) is 47.1 Å². The van der Waals surface area contributed by atoms with Gasteiger partial charge in [-0.15, -0.1) is 0 Å². The molecule has 2 saturated heterocycles. The van der Waals surface area contributed by atoms with Gasteiger partial charge in [-0.2, -0.15) is 0 Å². The zero-order valence-corrected chi connectivity index (χ0v) is 19.7. The van der Waals surface area contributed by atoms with Crippen LogP contribution in [0.1, 0.15) is 17.5 Å². The van der Waals surface area contributed by atoms with E-state index in [1.165, 1.54) is 12.1 Å². The number of nitrogens with one attached hydrogen (secondary N) is 3. The molecule has 0 saturated carbocycles. The molecular formula is C22H17Cl2N3O6S. The Morgan fingerprint density at radius 1 is 1.06 bits per heavy atom. The van der Waals surface area contributed by atoms with Crippen LogP contribution in [-0.4, -0.2) is 41.0 Å². The summed E-state index contributed by atoms with van der Waals surface area (Å²) in [6.07, 6.45) is -0.0142. The van der Waals surface area contributed by atoms with Crippen molar-refractivity contribution in [2.75, 3.05) is 6.61 Å². The fraction of sp³-hybridized carbons (Fsp3) is 0.273. The molecule has 12 heteroatoms. The maximum absolute atomic E-state index is 12.7. The van der Waals surface area contributed by atoms with E-state index in [1.807, 2.05) is 12.1 Å². The van der Waals surface area contributed by atoms with Crippen LogP contribution in [-0.2, 0) is 21.5 Å². The van der Waals surface area contributed by atoms with Crippen LogP contribution in [0.15, 0.2) is 36.4 Å². The maximum atomic E-state index is 12.7. The summed E-state index contributed by atoms with van der Waals surface area (Å²) < 4.78 is 11.9. The summed E-state index contributed by atoms with van der Waals surface area (Å²) in [5.41, 5.74) is -0.0280. The van der Waals surface area contributed by atoms with E-state index >= 15 is 0 Å². The van der Waals surface area contributed by atoms with E-state index in [0.717, 1.165) is 17.3 Å². The molecule has 3 aliphatic rings. The smallest absolute Gasteiger partial charge is 0.322 e. The average molecular weight is 522 g/mol. The highest BCUT2D eigenvalue weighted by atomic mass is 35.5. The van der Waals surface area contributed by atoms with Crippen molar-refractivity contribution >= 4 is 58.0 Å². The third kappa shape index (κ3) is 4.17. The monoisotopic (exact) mass is 521 g/mol. The normalized spacial score (nSPS) is 25.5. The van der Waals surface area contributed by atoms with E-state index in [1.54, 1.807) is 12.1 Å². The highest BCUT2D eigenvalue weighted by Crippen LogP contribution is 2.44. The molecule has 0 bridgehead atoms. The Morgan fingerprint density at radius 2 is 1.79 bits per heavy atom. The van der Waals surface area contributed by atoms with Gasteiger partial charge in [-0.05, 0) is 30.2 Å². The van der Waals surface area contributed by atoms with Crippen molar-refractivity contribution in [1.82, 2.24) is 16.0 Å². The van der Waals surface area contributed by atoms with E-state index in [4.69, 9.17) is 32.7 Å². The van der Waals surface area contributed by atoms with E-state index in [9.17, 15) is 19.2 Å². The van der Waals surface area contributed by atoms with E-state index in [2.05, 4.69) is 16.0 Å². The Hall–Kier alpha value is -2.95. The van der Waals surface area contributed by atoms with Crippen molar-refractivity contribution < 1.29 is 28.7 Å². The number of hydrogen-bond acceptors (Lipinski definition) is 7. The summed E-state index contributed by atoms with van der Waals surface area (Å²) in [4.78, 5) is 47.8. The van der Waals surface area contributed by atoms with Crippen LogP contribution >= 0.6 is 35.0 Å². The van der Waals surface area contributed by atoms with Crippen LogP contribution in [0.25, 0.3) is 0 Å². The minimum Gasteiger partial charge on any atom is -0.490 e. The quantitative estimate of drug-likeness (QED) is 0.516. The number of rotatable bonds is 5. The van der Waals surface area contributed by atoms with Crippen LogP contribution in [0.5, 0.6) is 11.5 Å².